The average molecular weight is 411 g/mol. The van der Waals surface area contributed by atoms with Gasteiger partial charge >= 0.3 is 5.97 Å². The van der Waals surface area contributed by atoms with E-state index in [-0.39, 0.29) is 23.7 Å². The predicted octanol–water partition coefficient (Wildman–Crippen LogP) is 1.23. The van der Waals surface area contributed by atoms with E-state index in [1.54, 1.807) is 6.92 Å². The van der Waals surface area contributed by atoms with E-state index in [0.29, 0.717) is 11.5 Å². The Kier molecular flexibility index (Phi) is 7.12. The number of anilines is 1. The number of hydrogen-bond donors (Lipinski definition) is 2. The Hall–Kier alpha value is -2.92. The second-order valence-electron chi connectivity index (χ2n) is 5.77. The maximum atomic E-state index is 12.2. The summed E-state index contributed by atoms with van der Waals surface area (Å²) in [5.74, 6) is -0.0609. The van der Waals surface area contributed by atoms with Crippen LogP contribution in [0.5, 0.6) is 5.75 Å². The SMILES string of the molecule is COc1ccc(S(=O)(=O)NCCC(=O)OC(C)C(=O)Nc2cc(C)on2)cc1. The second kappa shape index (κ2) is 9.33. The number of aryl methyl sites for hydroxylation is 1. The first-order valence-corrected chi connectivity index (χ1v) is 9.77. The van der Waals surface area contributed by atoms with Crippen molar-refractivity contribution >= 4 is 27.7 Å². The molecule has 0 saturated carbocycles. The van der Waals surface area contributed by atoms with E-state index in [4.69, 9.17) is 14.0 Å². The molecular formula is C17H21N3O7S. The molecule has 1 heterocycles. The third-order valence-corrected chi connectivity index (χ3v) is 5.02. The van der Waals surface area contributed by atoms with Crippen molar-refractivity contribution in [1.29, 1.82) is 0 Å². The molecule has 0 radical (unpaired) electrons. The molecule has 0 bridgehead atoms. The van der Waals surface area contributed by atoms with E-state index < -0.39 is 28.0 Å². The van der Waals surface area contributed by atoms with Crippen LogP contribution in [0.15, 0.2) is 39.8 Å². The molecule has 1 unspecified atom stereocenters. The Balaban J connectivity index is 1.78. The minimum absolute atomic E-state index is 0.0392. The lowest BCUT2D eigenvalue weighted by molar-refractivity contribution is -0.152. The third kappa shape index (κ3) is 6.06. The summed E-state index contributed by atoms with van der Waals surface area (Å²) < 4.78 is 41.4. The molecule has 2 rings (SSSR count). The highest BCUT2D eigenvalue weighted by molar-refractivity contribution is 7.89. The lowest BCUT2D eigenvalue weighted by atomic mass is 10.3. The monoisotopic (exact) mass is 411 g/mol. The van der Waals surface area contributed by atoms with Gasteiger partial charge in [-0.2, -0.15) is 0 Å². The second-order valence-corrected chi connectivity index (χ2v) is 7.53. The first-order valence-electron chi connectivity index (χ1n) is 8.28. The quantitative estimate of drug-likeness (QED) is 0.588. The number of carbonyl (C=O) groups excluding carboxylic acids is 2. The van der Waals surface area contributed by atoms with Crippen LogP contribution in [-0.2, 0) is 24.3 Å². The zero-order valence-corrected chi connectivity index (χ0v) is 16.4. The van der Waals surface area contributed by atoms with Gasteiger partial charge in [0, 0.05) is 12.6 Å². The summed E-state index contributed by atoms with van der Waals surface area (Å²) in [5.41, 5.74) is 0. The van der Waals surface area contributed by atoms with Gasteiger partial charge in [0.05, 0.1) is 18.4 Å². The first-order chi connectivity index (χ1) is 13.2. The topological polar surface area (TPSA) is 137 Å². The van der Waals surface area contributed by atoms with Gasteiger partial charge in [0.2, 0.25) is 10.0 Å². The van der Waals surface area contributed by atoms with Gasteiger partial charge in [0.15, 0.2) is 11.9 Å². The lowest BCUT2D eigenvalue weighted by Gasteiger charge is -2.12. The van der Waals surface area contributed by atoms with Gasteiger partial charge < -0.3 is 19.3 Å². The van der Waals surface area contributed by atoms with Crippen molar-refractivity contribution in [2.45, 2.75) is 31.3 Å². The summed E-state index contributed by atoms with van der Waals surface area (Å²) in [5, 5.41) is 6.04. The standard InChI is InChI=1S/C17H21N3O7S/c1-11-10-15(20-27-11)19-17(22)12(2)26-16(21)8-9-18-28(23,24)14-6-4-13(25-3)5-7-14/h4-7,10,12,18H,8-9H2,1-3H3,(H,19,20,22). The molecule has 152 valence electrons. The number of carbonyl (C=O) groups is 2. The summed E-state index contributed by atoms with van der Waals surface area (Å²) in [6.07, 6.45) is -1.32. The highest BCUT2D eigenvalue weighted by Crippen LogP contribution is 2.15. The van der Waals surface area contributed by atoms with Crippen molar-refractivity contribution in [3.8, 4) is 5.75 Å². The van der Waals surface area contributed by atoms with Gasteiger partial charge in [0.25, 0.3) is 5.91 Å². The molecule has 0 spiro atoms. The number of sulfonamides is 1. The number of nitrogens with one attached hydrogen (secondary N) is 2. The number of nitrogens with zero attached hydrogens (tertiary/aromatic N) is 1. The van der Waals surface area contributed by atoms with E-state index >= 15 is 0 Å². The molecular weight excluding hydrogens is 390 g/mol. The van der Waals surface area contributed by atoms with Crippen LogP contribution in [0.1, 0.15) is 19.1 Å². The number of esters is 1. The molecule has 28 heavy (non-hydrogen) atoms. The van der Waals surface area contributed by atoms with E-state index in [9.17, 15) is 18.0 Å². The van der Waals surface area contributed by atoms with E-state index in [2.05, 4.69) is 15.2 Å². The zero-order valence-electron chi connectivity index (χ0n) is 15.6. The fourth-order valence-electron chi connectivity index (χ4n) is 2.09. The molecule has 0 aliphatic rings. The van der Waals surface area contributed by atoms with Crippen LogP contribution in [0.4, 0.5) is 5.82 Å². The zero-order chi connectivity index (χ0) is 20.7. The van der Waals surface area contributed by atoms with Gasteiger partial charge in [0.1, 0.15) is 11.5 Å². The van der Waals surface area contributed by atoms with Gasteiger partial charge in [-0.15, -0.1) is 0 Å². The minimum Gasteiger partial charge on any atom is -0.497 e. The van der Waals surface area contributed by atoms with E-state index in [1.165, 1.54) is 44.4 Å². The molecule has 1 atom stereocenters. The summed E-state index contributed by atoms with van der Waals surface area (Å²) in [6.45, 7) is 2.88. The number of methoxy groups -OCH3 is 1. The fraction of sp³-hybridized carbons (Fsp3) is 0.353. The molecule has 2 N–H and O–H groups in total. The van der Waals surface area contributed by atoms with Crippen LogP contribution >= 0.6 is 0 Å². The van der Waals surface area contributed by atoms with Crippen molar-refractivity contribution in [2.75, 3.05) is 19.0 Å². The normalized spacial score (nSPS) is 12.2. The summed E-state index contributed by atoms with van der Waals surface area (Å²) in [7, 11) is -2.30. The average Bonchev–Trinajstić information content (AvgIpc) is 3.06. The highest BCUT2D eigenvalue weighted by Gasteiger charge is 2.20. The maximum absolute atomic E-state index is 12.2. The Morgan fingerprint density at radius 2 is 1.93 bits per heavy atom. The number of ether oxygens (including phenoxy) is 2. The van der Waals surface area contributed by atoms with Crippen LogP contribution in [0.3, 0.4) is 0 Å². The molecule has 0 fully saturated rings. The van der Waals surface area contributed by atoms with Crippen molar-refractivity contribution in [2.24, 2.45) is 0 Å². The van der Waals surface area contributed by atoms with E-state index in [1.807, 2.05) is 0 Å². The van der Waals surface area contributed by atoms with Gasteiger partial charge in [-0.3, -0.25) is 9.59 Å². The first kappa shape index (κ1) is 21.4. The van der Waals surface area contributed by atoms with Crippen LogP contribution in [0.2, 0.25) is 0 Å². The molecule has 10 nitrogen and oxygen atoms in total. The van der Waals surface area contributed by atoms with Gasteiger partial charge in [-0.1, -0.05) is 5.16 Å². The van der Waals surface area contributed by atoms with Gasteiger partial charge in [-0.05, 0) is 38.1 Å². The molecule has 0 aliphatic heterocycles. The van der Waals surface area contributed by atoms with Crippen LogP contribution < -0.4 is 14.8 Å². The lowest BCUT2D eigenvalue weighted by Crippen LogP contribution is -2.32. The number of amides is 1. The molecule has 1 amide bonds. The van der Waals surface area contributed by atoms with Crippen LogP contribution in [0.25, 0.3) is 0 Å². The predicted molar refractivity (Wildman–Crippen MR) is 98.2 cm³/mol. The van der Waals surface area contributed by atoms with Crippen LogP contribution in [0, 0.1) is 6.92 Å². The molecule has 1 aromatic heterocycles. The minimum atomic E-state index is -3.78. The molecule has 1 aromatic carbocycles. The number of hydrogen-bond acceptors (Lipinski definition) is 8. The van der Waals surface area contributed by atoms with Crippen molar-refractivity contribution in [1.82, 2.24) is 9.88 Å². The van der Waals surface area contributed by atoms with Gasteiger partial charge in [-0.25, -0.2) is 13.1 Å². The smallest absolute Gasteiger partial charge is 0.307 e. The number of aromatic nitrogens is 1. The molecule has 0 aliphatic carbocycles. The van der Waals surface area contributed by atoms with Crippen molar-refractivity contribution in [3.05, 3.63) is 36.1 Å². The largest absolute Gasteiger partial charge is 0.497 e. The summed E-state index contributed by atoms with van der Waals surface area (Å²) in [6, 6.07) is 7.31. The fourth-order valence-corrected chi connectivity index (χ4v) is 3.12. The Morgan fingerprint density at radius 1 is 1.25 bits per heavy atom. The summed E-state index contributed by atoms with van der Waals surface area (Å²) in [4.78, 5) is 23.8. The number of rotatable bonds is 9. The summed E-state index contributed by atoms with van der Waals surface area (Å²) >= 11 is 0. The maximum Gasteiger partial charge on any atom is 0.307 e. The Bertz CT molecular complexity index is 922. The molecule has 0 saturated heterocycles. The van der Waals surface area contributed by atoms with Crippen molar-refractivity contribution < 1.29 is 32.0 Å². The third-order valence-electron chi connectivity index (χ3n) is 3.55. The van der Waals surface area contributed by atoms with Crippen LogP contribution in [-0.4, -0.2) is 45.2 Å². The highest BCUT2D eigenvalue weighted by atomic mass is 32.2. The molecule has 11 heteroatoms. The van der Waals surface area contributed by atoms with Crippen molar-refractivity contribution in [3.63, 3.8) is 0 Å². The molecule has 2 aromatic rings. The Morgan fingerprint density at radius 3 is 2.50 bits per heavy atom. The van der Waals surface area contributed by atoms with E-state index in [0.717, 1.165) is 0 Å². The number of benzene rings is 1. The Labute approximate surface area is 162 Å².